The quantitative estimate of drug-likeness (QED) is 0.588. The van der Waals surface area contributed by atoms with E-state index < -0.39 is 0 Å². The smallest absolute Gasteiger partial charge is 0.127 e. The second-order valence-corrected chi connectivity index (χ2v) is 7.27. The van der Waals surface area contributed by atoms with Gasteiger partial charge in [-0.3, -0.25) is 5.43 Å². The number of aryl methyl sites for hydroxylation is 1. The molecule has 130 valence electrons. The summed E-state index contributed by atoms with van der Waals surface area (Å²) in [6.07, 6.45) is 0. The van der Waals surface area contributed by atoms with Crippen molar-refractivity contribution in [1.82, 2.24) is 0 Å². The molecule has 0 bridgehead atoms. The molecule has 3 aromatic rings. The van der Waals surface area contributed by atoms with Crippen molar-refractivity contribution in [2.75, 3.05) is 16.2 Å². The van der Waals surface area contributed by atoms with Crippen LogP contribution in [-0.4, -0.2) is 10.9 Å². The van der Waals surface area contributed by atoms with Gasteiger partial charge in [0.15, 0.2) is 0 Å². The summed E-state index contributed by atoms with van der Waals surface area (Å²) in [6, 6.07) is 25.0. The predicted octanol–water partition coefficient (Wildman–Crippen LogP) is 5.92. The van der Waals surface area contributed by atoms with Crippen LogP contribution in [0.1, 0.15) is 16.7 Å². The molecule has 0 unspecified atom stereocenters. The van der Waals surface area contributed by atoms with Gasteiger partial charge >= 0.3 is 0 Å². The molecule has 3 nitrogen and oxygen atoms in total. The third kappa shape index (κ3) is 3.20. The Balaban J connectivity index is 1.70. The monoisotopic (exact) mass is 359 g/mol. The summed E-state index contributed by atoms with van der Waals surface area (Å²) >= 11 is 1.76. The van der Waals surface area contributed by atoms with E-state index in [1.54, 1.807) is 11.8 Å². The Hall–Kier alpha value is -2.72. The number of nitrogens with zero attached hydrogens (tertiary/aromatic N) is 2. The second-order valence-electron chi connectivity index (χ2n) is 6.33. The van der Waals surface area contributed by atoms with E-state index in [2.05, 4.69) is 71.7 Å². The maximum Gasteiger partial charge on any atom is 0.127 e. The Morgan fingerprint density at radius 2 is 1.58 bits per heavy atom. The lowest BCUT2D eigenvalue weighted by Crippen LogP contribution is -2.25. The average Bonchev–Trinajstić information content (AvgIpc) is 2.69. The number of rotatable bonds is 3. The van der Waals surface area contributed by atoms with E-state index in [0.717, 1.165) is 22.2 Å². The molecule has 0 atom stereocenters. The zero-order valence-corrected chi connectivity index (χ0v) is 15.8. The molecule has 26 heavy (non-hydrogen) atoms. The summed E-state index contributed by atoms with van der Waals surface area (Å²) in [5.74, 6) is 0.844. The second kappa shape index (κ2) is 7.26. The van der Waals surface area contributed by atoms with Crippen LogP contribution in [0, 0.1) is 13.8 Å². The number of thioether (sulfide) groups is 1. The lowest BCUT2D eigenvalue weighted by Gasteiger charge is -2.32. The van der Waals surface area contributed by atoms with Crippen molar-refractivity contribution in [3.8, 4) is 0 Å². The van der Waals surface area contributed by atoms with Gasteiger partial charge in [0.1, 0.15) is 5.04 Å². The van der Waals surface area contributed by atoms with E-state index in [1.807, 2.05) is 30.3 Å². The number of nitrogens with one attached hydrogen (secondary N) is 1. The van der Waals surface area contributed by atoms with Crippen molar-refractivity contribution in [3.05, 3.63) is 89.5 Å². The van der Waals surface area contributed by atoms with Gasteiger partial charge in [-0.15, -0.1) is 0 Å². The average molecular weight is 359 g/mol. The molecule has 1 N–H and O–H groups in total. The van der Waals surface area contributed by atoms with Crippen molar-refractivity contribution in [2.24, 2.45) is 5.10 Å². The molecule has 0 saturated carbocycles. The fourth-order valence-electron chi connectivity index (χ4n) is 3.11. The number of benzene rings is 3. The Labute approximate surface area is 158 Å². The molecule has 0 spiro atoms. The molecule has 0 radical (unpaired) electrons. The van der Waals surface area contributed by atoms with Crippen LogP contribution in [0.2, 0.25) is 0 Å². The highest BCUT2D eigenvalue weighted by Crippen LogP contribution is 2.39. The number of fused-ring (bicyclic) bond motifs is 1. The maximum absolute atomic E-state index is 4.67. The third-order valence-electron chi connectivity index (χ3n) is 4.68. The minimum atomic E-state index is 0.844. The standard InChI is InChI=1S/C22H21N3S/c1-16-9-8-14-20(17(16)2)25-15-26-22(19-12-6-7-13-21(19)25)24-23-18-10-4-3-5-11-18/h3-14,23H,15H2,1-2H3/b24-22+. The minimum Gasteiger partial charge on any atom is -0.330 e. The number of hydrogen-bond acceptors (Lipinski definition) is 4. The van der Waals surface area contributed by atoms with E-state index in [0.29, 0.717) is 0 Å². The first-order chi connectivity index (χ1) is 12.7. The number of anilines is 3. The highest BCUT2D eigenvalue weighted by atomic mass is 32.2. The molecule has 1 aliphatic heterocycles. The lowest BCUT2D eigenvalue weighted by atomic mass is 10.1. The Morgan fingerprint density at radius 3 is 2.42 bits per heavy atom. The van der Waals surface area contributed by atoms with Gasteiger partial charge in [0.25, 0.3) is 0 Å². The third-order valence-corrected chi connectivity index (χ3v) is 5.65. The van der Waals surface area contributed by atoms with Crippen LogP contribution in [0.4, 0.5) is 17.1 Å². The molecule has 0 amide bonds. The van der Waals surface area contributed by atoms with Crippen LogP contribution in [0.15, 0.2) is 77.9 Å². The molecule has 1 aliphatic rings. The first-order valence-electron chi connectivity index (χ1n) is 8.69. The number of para-hydroxylation sites is 2. The minimum absolute atomic E-state index is 0.844. The summed E-state index contributed by atoms with van der Waals surface area (Å²) in [4.78, 5) is 2.38. The highest BCUT2D eigenvalue weighted by Gasteiger charge is 2.24. The SMILES string of the molecule is Cc1cccc(N2CS/C(=N/Nc3ccccc3)c3ccccc32)c1C. The van der Waals surface area contributed by atoms with Crippen LogP contribution in [0.25, 0.3) is 0 Å². The van der Waals surface area contributed by atoms with Gasteiger partial charge in [0.2, 0.25) is 0 Å². The number of hydrogen-bond donors (Lipinski definition) is 1. The highest BCUT2D eigenvalue weighted by molar-refractivity contribution is 8.14. The van der Waals surface area contributed by atoms with Gasteiger partial charge in [-0.1, -0.05) is 60.3 Å². The molecule has 0 fully saturated rings. The van der Waals surface area contributed by atoms with Crippen LogP contribution in [0.5, 0.6) is 0 Å². The fraction of sp³-hybridized carbons (Fsp3) is 0.136. The van der Waals surface area contributed by atoms with Crippen molar-refractivity contribution >= 4 is 33.9 Å². The molecule has 0 aliphatic carbocycles. The van der Waals surface area contributed by atoms with Crippen molar-refractivity contribution in [2.45, 2.75) is 13.8 Å². The van der Waals surface area contributed by atoms with Gasteiger partial charge in [-0.05, 0) is 49.2 Å². The summed E-state index contributed by atoms with van der Waals surface area (Å²) in [6.45, 7) is 4.36. The van der Waals surface area contributed by atoms with E-state index in [-0.39, 0.29) is 0 Å². The van der Waals surface area contributed by atoms with Crippen molar-refractivity contribution in [3.63, 3.8) is 0 Å². The Kier molecular flexibility index (Phi) is 4.67. The molecule has 1 heterocycles. The van der Waals surface area contributed by atoms with Crippen LogP contribution in [0.3, 0.4) is 0 Å². The van der Waals surface area contributed by atoms with E-state index in [1.165, 1.54) is 22.5 Å². The summed E-state index contributed by atoms with van der Waals surface area (Å²) < 4.78 is 0. The van der Waals surface area contributed by atoms with Crippen LogP contribution in [-0.2, 0) is 0 Å². The largest absolute Gasteiger partial charge is 0.330 e. The Bertz CT molecular complexity index is 951. The van der Waals surface area contributed by atoms with Gasteiger partial charge < -0.3 is 4.90 Å². The van der Waals surface area contributed by atoms with Crippen LogP contribution < -0.4 is 10.3 Å². The van der Waals surface area contributed by atoms with Gasteiger partial charge in [-0.25, -0.2) is 0 Å². The predicted molar refractivity (Wildman–Crippen MR) is 114 cm³/mol. The molecular weight excluding hydrogens is 338 g/mol. The molecule has 4 heteroatoms. The van der Waals surface area contributed by atoms with Gasteiger partial charge in [-0.2, -0.15) is 5.10 Å². The molecule has 3 aromatic carbocycles. The molecular formula is C22H21N3S. The van der Waals surface area contributed by atoms with Gasteiger partial charge in [0, 0.05) is 11.3 Å². The molecule has 4 rings (SSSR count). The van der Waals surface area contributed by atoms with Crippen molar-refractivity contribution in [1.29, 1.82) is 0 Å². The maximum atomic E-state index is 4.67. The Morgan fingerprint density at radius 1 is 0.846 bits per heavy atom. The summed E-state index contributed by atoms with van der Waals surface area (Å²) in [5.41, 5.74) is 10.4. The van der Waals surface area contributed by atoms with Crippen molar-refractivity contribution < 1.29 is 0 Å². The van der Waals surface area contributed by atoms with Crippen LogP contribution >= 0.6 is 11.8 Å². The normalized spacial score (nSPS) is 15.0. The molecule has 0 aromatic heterocycles. The fourth-order valence-corrected chi connectivity index (χ4v) is 4.08. The summed E-state index contributed by atoms with van der Waals surface area (Å²) in [7, 11) is 0. The lowest BCUT2D eigenvalue weighted by molar-refractivity contribution is 1.13. The number of hydrazone groups is 1. The first-order valence-corrected chi connectivity index (χ1v) is 9.67. The van der Waals surface area contributed by atoms with Gasteiger partial charge in [0.05, 0.1) is 17.3 Å². The molecule has 0 saturated heterocycles. The zero-order chi connectivity index (χ0) is 17.9. The van der Waals surface area contributed by atoms with E-state index in [9.17, 15) is 0 Å². The summed E-state index contributed by atoms with van der Waals surface area (Å²) in [5, 5.41) is 5.69. The first kappa shape index (κ1) is 16.7. The van der Waals surface area contributed by atoms with E-state index in [4.69, 9.17) is 0 Å². The topological polar surface area (TPSA) is 27.6 Å². The zero-order valence-electron chi connectivity index (χ0n) is 14.9. The van der Waals surface area contributed by atoms with E-state index >= 15 is 0 Å².